The van der Waals surface area contributed by atoms with Crippen molar-refractivity contribution < 1.29 is 18.8 Å². The van der Waals surface area contributed by atoms with Gasteiger partial charge in [-0.25, -0.2) is 4.39 Å². The standard InChI is InChI=1S/C20H25FN2O2/c1-4-25-19-11-7-17(8-12-19)14-23(3)15(2)20(24)22-13-16-5-9-18(21)10-6-16/h5-12,15H,4,13-14H2,1-3H3,(H,22,24)/p+1/t15-/m0/s1. The second-order valence-corrected chi connectivity index (χ2v) is 6.17. The Morgan fingerprint density at radius 1 is 1.12 bits per heavy atom. The first-order valence-corrected chi connectivity index (χ1v) is 8.55. The highest BCUT2D eigenvalue weighted by Crippen LogP contribution is 2.11. The van der Waals surface area contributed by atoms with E-state index in [0.29, 0.717) is 13.2 Å². The van der Waals surface area contributed by atoms with Crippen LogP contribution in [0.4, 0.5) is 4.39 Å². The van der Waals surface area contributed by atoms with Gasteiger partial charge in [0.2, 0.25) is 0 Å². The van der Waals surface area contributed by atoms with Gasteiger partial charge in [0.25, 0.3) is 5.91 Å². The number of carbonyl (C=O) groups excluding carboxylic acids is 1. The monoisotopic (exact) mass is 345 g/mol. The summed E-state index contributed by atoms with van der Waals surface area (Å²) in [5.74, 6) is 0.560. The molecular formula is C20H26FN2O2+. The molecule has 0 fully saturated rings. The summed E-state index contributed by atoms with van der Waals surface area (Å²) in [5.41, 5.74) is 2.03. The molecule has 0 bridgehead atoms. The molecule has 2 aromatic carbocycles. The van der Waals surface area contributed by atoms with E-state index in [4.69, 9.17) is 4.74 Å². The molecule has 2 N–H and O–H groups in total. The van der Waals surface area contributed by atoms with E-state index >= 15 is 0 Å². The van der Waals surface area contributed by atoms with Crippen LogP contribution in [-0.2, 0) is 17.9 Å². The molecule has 0 heterocycles. The average Bonchev–Trinajstić information content (AvgIpc) is 2.62. The van der Waals surface area contributed by atoms with Crippen LogP contribution in [0.25, 0.3) is 0 Å². The summed E-state index contributed by atoms with van der Waals surface area (Å²) in [6, 6.07) is 13.9. The van der Waals surface area contributed by atoms with Crippen molar-refractivity contribution in [1.29, 1.82) is 0 Å². The van der Waals surface area contributed by atoms with Crippen LogP contribution in [0, 0.1) is 5.82 Å². The van der Waals surface area contributed by atoms with Crippen molar-refractivity contribution >= 4 is 5.91 Å². The number of ether oxygens (including phenoxy) is 1. The lowest BCUT2D eigenvalue weighted by atomic mass is 10.1. The topological polar surface area (TPSA) is 42.8 Å². The van der Waals surface area contributed by atoms with Gasteiger partial charge in [-0.05, 0) is 55.8 Å². The van der Waals surface area contributed by atoms with Gasteiger partial charge in [0.1, 0.15) is 18.1 Å². The maximum Gasteiger partial charge on any atom is 0.278 e. The van der Waals surface area contributed by atoms with Gasteiger partial charge in [-0.3, -0.25) is 4.79 Å². The Kier molecular flexibility index (Phi) is 6.95. The fourth-order valence-corrected chi connectivity index (χ4v) is 2.51. The quantitative estimate of drug-likeness (QED) is 0.768. The van der Waals surface area contributed by atoms with E-state index in [1.807, 2.05) is 45.2 Å². The van der Waals surface area contributed by atoms with E-state index in [2.05, 4.69) is 5.32 Å². The van der Waals surface area contributed by atoms with Crippen molar-refractivity contribution in [2.75, 3.05) is 13.7 Å². The lowest BCUT2D eigenvalue weighted by Crippen LogP contribution is -3.12. The van der Waals surface area contributed by atoms with E-state index in [0.717, 1.165) is 28.3 Å². The Bertz CT molecular complexity index is 671. The number of amides is 1. The highest BCUT2D eigenvalue weighted by atomic mass is 19.1. The van der Waals surface area contributed by atoms with Gasteiger partial charge < -0.3 is 15.0 Å². The van der Waals surface area contributed by atoms with E-state index in [1.165, 1.54) is 12.1 Å². The first-order valence-electron chi connectivity index (χ1n) is 8.55. The third-order valence-electron chi connectivity index (χ3n) is 4.23. The highest BCUT2D eigenvalue weighted by molar-refractivity contribution is 5.79. The normalized spacial score (nSPS) is 13.1. The predicted molar refractivity (Wildman–Crippen MR) is 95.9 cm³/mol. The Morgan fingerprint density at radius 3 is 2.32 bits per heavy atom. The van der Waals surface area contributed by atoms with Gasteiger partial charge in [-0.2, -0.15) is 0 Å². The van der Waals surface area contributed by atoms with Gasteiger partial charge in [0.05, 0.1) is 13.7 Å². The highest BCUT2D eigenvalue weighted by Gasteiger charge is 2.21. The number of hydrogen-bond acceptors (Lipinski definition) is 2. The zero-order chi connectivity index (χ0) is 18.2. The molecule has 0 aliphatic carbocycles. The SMILES string of the molecule is CCOc1ccc(C[NH+](C)[C@@H](C)C(=O)NCc2ccc(F)cc2)cc1. The second-order valence-electron chi connectivity index (χ2n) is 6.17. The van der Waals surface area contributed by atoms with Crippen LogP contribution in [0.1, 0.15) is 25.0 Å². The van der Waals surface area contributed by atoms with Crippen molar-refractivity contribution in [3.8, 4) is 5.75 Å². The third-order valence-corrected chi connectivity index (χ3v) is 4.23. The fourth-order valence-electron chi connectivity index (χ4n) is 2.51. The number of halogens is 1. The number of benzene rings is 2. The zero-order valence-electron chi connectivity index (χ0n) is 15.0. The number of hydrogen-bond donors (Lipinski definition) is 2. The van der Waals surface area contributed by atoms with Crippen molar-refractivity contribution in [2.24, 2.45) is 0 Å². The molecule has 0 saturated heterocycles. The summed E-state index contributed by atoms with van der Waals surface area (Å²) in [6.45, 7) is 5.66. The van der Waals surface area contributed by atoms with Gasteiger partial charge >= 0.3 is 0 Å². The number of rotatable bonds is 8. The average molecular weight is 345 g/mol. The third kappa shape index (κ3) is 5.87. The molecule has 0 aromatic heterocycles. The van der Waals surface area contributed by atoms with Crippen LogP contribution in [0.2, 0.25) is 0 Å². The molecule has 134 valence electrons. The van der Waals surface area contributed by atoms with Crippen LogP contribution < -0.4 is 15.0 Å². The number of carbonyl (C=O) groups is 1. The molecular weight excluding hydrogens is 319 g/mol. The van der Waals surface area contributed by atoms with Crippen LogP contribution >= 0.6 is 0 Å². The first kappa shape index (κ1) is 18.9. The maximum absolute atomic E-state index is 12.9. The largest absolute Gasteiger partial charge is 0.494 e. The van der Waals surface area contributed by atoms with Crippen LogP contribution in [-0.4, -0.2) is 25.6 Å². The van der Waals surface area contributed by atoms with E-state index < -0.39 is 0 Å². The van der Waals surface area contributed by atoms with E-state index in [9.17, 15) is 9.18 Å². The molecule has 0 saturated carbocycles. The fraction of sp³-hybridized carbons (Fsp3) is 0.350. The number of nitrogens with one attached hydrogen (secondary N) is 2. The Morgan fingerprint density at radius 2 is 1.72 bits per heavy atom. The Labute approximate surface area is 148 Å². The maximum atomic E-state index is 12.9. The summed E-state index contributed by atoms with van der Waals surface area (Å²) < 4.78 is 18.3. The van der Waals surface area contributed by atoms with Gasteiger partial charge in [0, 0.05) is 12.1 Å². The van der Waals surface area contributed by atoms with Crippen LogP contribution in [0.15, 0.2) is 48.5 Å². The van der Waals surface area contributed by atoms with E-state index in [1.54, 1.807) is 12.1 Å². The van der Waals surface area contributed by atoms with Crippen LogP contribution in [0.3, 0.4) is 0 Å². The minimum absolute atomic E-state index is 0.0206. The molecule has 2 rings (SSSR count). The molecule has 2 aromatic rings. The molecule has 5 heteroatoms. The van der Waals surface area contributed by atoms with E-state index in [-0.39, 0.29) is 17.8 Å². The van der Waals surface area contributed by atoms with Crippen molar-refractivity contribution in [2.45, 2.75) is 33.0 Å². The van der Waals surface area contributed by atoms with Crippen molar-refractivity contribution in [3.63, 3.8) is 0 Å². The van der Waals surface area contributed by atoms with Gasteiger partial charge in [-0.1, -0.05) is 12.1 Å². The summed E-state index contributed by atoms with van der Waals surface area (Å²) in [5, 5.41) is 2.91. The molecule has 0 aliphatic rings. The molecule has 0 spiro atoms. The van der Waals surface area contributed by atoms with Crippen molar-refractivity contribution in [1.82, 2.24) is 5.32 Å². The summed E-state index contributed by atoms with van der Waals surface area (Å²) in [7, 11) is 2.00. The molecule has 0 radical (unpaired) electrons. The number of likely N-dealkylation sites (N-methyl/N-ethyl adjacent to an activating group) is 1. The van der Waals surface area contributed by atoms with Crippen LogP contribution in [0.5, 0.6) is 5.75 Å². The minimum atomic E-state index is -0.275. The Balaban J connectivity index is 1.84. The van der Waals surface area contributed by atoms with Gasteiger partial charge in [0.15, 0.2) is 6.04 Å². The second kappa shape index (κ2) is 9.18. The lowest BCUT2D eigenvalue weighted by Gasteiger charge is -2.21. The molecule has 1 unspecified atom stereocenters. The zero-order valence-corrected chi connectivity index (χ0v) is 15.0. The summed E-state index contributed by atoms with van der Waals surface area (Å²) >= 11 is 0. The predicted octanol–water partition coefficient (Wildman–Crippen LogP) is 1.94. The molecule has 25 heavy (non-hydrogen) atoms. The molecule has 1 amide bonds. The Hall–Kier alpha value is -2.40. The smallest absolute Gasteiger partial charge is 0.278 e. The summed E-state index contributed by atoms with van der Waals surface area (Å²) in [6.07, 6.45) is 0. The molecule has 4 nitrogen and oxygen atoms in total. The van der Waals surface area contributed by atoms with Gasteiger partial charge in [-0.15, -0.1) is 0 Å². The minimum Gasteiger partial charge on any atom is -0.494 e. The van der Waals surface area contributed by atoms with Crippen molar-refractivity contribution in [3.05, 3.63) is 65.5 Å². The summed E-state index contributed by atoms with van der Waals surface area (Å²) in [4.78, 5) is 13.4. The molecule has 0 aliphatic heterocycles. The number of quaternary nitrogens is 1. The lowest BCUT2D eigenvalue weighted by molar-refractivity contribution is -0.908. The molecule has 2 atom stereocenters. The first-order chi connectivity index (χ1) is 12.0.